The first kappa shape index (κ1) is 13.9. The van der Waals surface area contributed by atoms with Crippen molar-refractivity contribution in [2.24, 2.45) is 0 Å². The van der Waals surface area contributed by atoms with E-state index in [0.717, 1.165) is 6.42 Å². The van der Waals surface area contributed by atoms with Gasteiger partial charge in [-0.1, -0.05) is 12.8 Å². The Morgan fingerprint density at radius 2 is 2.27 bits per heavy atom. The summed E-state index contributed by atoms with van der Waals surface area (Å²) in [6.07, 6.45) is 6.07. The number of rotatable bonds is 7. The number of terminal acetylenes is 1. The summed E-state index contributed by atoms with van der Waals surface area (Å²) in [5.74, 6) is 2.51. The molecule has 0 aromatic rings. The fourth-order valence-corrected chi connectivity index (χ4v) is 1.15. The molecule has 0 radical (unpaired) electrons. The maximum Gasteiger partial charge on any atom is 0.234 e. The zero-order valence-corrected chi connectivity index (χ0v) is 9.67. The molecule has 0 rings (SSSR count). The van der Waals surface area contributed by atoms with E-state index in [-0.39, 0.29) is 24.5 Å². The average molecular weight is 212 g/mol. The lowest BCUT2D eigenvalue weighted by Crippen LogP contribution is -2.43. The number of ether oxygens (including phenoxy) is 1. The zero-order valence-electron chi connectivity index (χ0n) is 9.67. The number of hydrogen-bond donors (Lipinski definition) is 2. The monoisotopic (exact) mass is 212 g/mol. The van der Waals surface area contributed by atoms with Crippen molar-refractivity contribution in [3.63, 3.8) is 0 Å². The lowest BCUT2D eigenvalue weighted by molar-refractivity contribution is -0.121. The van der Waals surface area contributed by atoms with E-state index in [9.17, 15) is 4.79 Å². The van der Waals surface area contributed by atoms with E-state index in [1.807, 2.05) is 13.8 Å². The van der Waals surface area contributed by atoms with Gasteiger partial charge >= 0.3 is 0 Å². The quantitative estimate of drug-likeness (QED) is 0.590. The highest BCUT2D eigenvalue weighted by Gasteiger charge is 2.08. The predicted molar refractivity (Wildman–Crippen MR) is 60.4 cm³/mol. The van der Waals surface area contributed by atoms with Gasteiger partial charge in [-0.25, -0.2) is 0 Å². The molecule has 1 amide bonds. The molecule has 2 unspecified atom stereocenters. The Morgan fingerprint density at radius 3 is 2.73 bits per heavy atom. The number of carbonyl (C=O) groups excluding carboxylic acids is 1. The molecule has 2 N–H and O–H groups in total. The molecule has 0 aliphatic heterocycles. The van der Waals surface area contributed by atoms with E-state index < -0.39 is 0 Å². The molecule has 0 spiro atoms. The van der Waals surface area contributed by atoms with Crippen molar-refractivity contribution in [2.45, 2.75) is 32.4 Å². The maximum absolute atomic E-state index is 11.4. The summed E-state index contributed by atoms with van der Waals surface area (Å²) in [7, 11) is 1.60. The molecule has 0 aliphatic carbocycles. The van der Waals surface area contributed by atoms with Crippen LogP contribution in [0.2, 0.25) is 0 Å². The third-order valence-corrected chi connectivity index (χ3v) is 1.94. The lowest BCUT2D eigenvalue weighted by Gasteiger charge is -2.14. The Labute approximate surface area is 91.8 Å². The number of carbonyl (C=O) groups is 1. The first-order valence-corrected chi connectivity index (χ1v) is 5.11. The van der Waals surface area contributed by atoms with Crippen molar-refractivity contribution in [3.05, 3.63) is 0 Å². The van der Waals surface area contributed by atoms with Crippen LogP contribution in [0.25, 0.3) is 0 Å². The molecule has 2 atom stereocenters. The third-order valence-electron chi connectivity index (χ3n) is 1.94. The molecule has 0 aliphatic rings. The van der Waals surface area contributed by atoms with Gasteiger partial charge in [-0.05, 0) is 13.3 Å². The van der Waals surface area contributed by atoms with E-state index in [2.05, 4.69) is 16.6 Å². The Bertz CT molecular complexity index is 223. The standard InChI is InChI=1S/C11H20N2O2/c1-5-10(6-2)12-7-11(14)13-9(3)8-15-4/h1,9-10,12H,6-8H2,2-4H3,(H,13,14). The van der Waals surface area contributed by atoms with E-state index in [1.54, 1.807) is 7.11 Å². The number of hydrogen-bond acceptors (Lipinski definition) is 3. The zero-order chi connectivity index (χ0) is 11.7. The Morgan fingerprint density at radius 1 is 1.60 bits per heavy atom. The summed E-state index contributed by atoms with van der Waals surface area (Å²) < 4.78 is 4.90. The molecule has 0 saturated heterocycles. The second-order valence-electron chi connectivity index (χ2n) is 3.43. The van der Waals surface area contributed by atoms with Crippen molar-refractivity contribution in [2.75, 3.05) is 20.3 Å². The average Bonchev–Trinajstić information content (AvgIpc) is 2.19. The molecule has 0 aromatic carbocycles. The van der Waals surface area contributed by atoms with Crippen LogP contribution < -0.4 is 10.6 Å². The van der Waals surface area contributed by atoms with E-state index >= 15 is 0 Å². The fraction of sp³-hybridized carbons (Fsp3) is 0.727. The van der Waals surface area contributed by atoms with Gasteiger partial charge < -0.3 is 10.1 Å². The van der Waals surface area contributed by atoms with Gasteiger partial charge in [-0.3, -0.25) is 10.1 Å². The second-order valence-corrected chi connectivity index (χ2v) is 3.43. The van der Waals surface area contributed by atoms with Crippen LogP contribution in [-0.4, -0.2) is 38.3 Å². The van der Waals surface area contributed by atoms with E-state index in [1.165, 1.54) is 0 Å². The molecular weight excluding hydrogens is 192 g/mol. The molecule has 0 aromatic heterocycles. The van der Waals surface area contributed by atoms with Gasteiger partial charge in [0.1, 0.15) is 0 Å². The summed E-state index contributed by atoms with van der Waals surface area (Å²) >= 11 is 0. The highest BCUT2D eigenvalue weighted by Crippen LogP contribution is 1.87. The van der Waals surface area contributed by atoms with Crippen molar-refractivity contribution < 1.29 is 9.53 Å². The Hall–Kier alpha value is -1.05. The maximum atomic E-state index is 11.4. The van der Waals surface area contributed by atoms with Crippen LogP contribution in [0.15, 0.2) is 0 Å². The van der Waals surface area contributed by atoms with Crippen LogP contribution in [0.1, 0.15) is 20.3 Å². The lowest BCUT2D eigenvalue weighted by atomic mass is 10.2. The van der Waals surface area contributed by atoms with Gasteiger partial charge in [-0.2, -0.15) is 0 Å². The summed E-state index contributed by atoms with van der Waals surface area (Å²) in [6, 6.07) is -0.0105. The Kier molecular flexibility index (Phi) is 7.69. The van der Waals surface area contributed by atoms with Gasteiger partial charge in [0.2, 0.25) is 5.91 Å². The number of nitrogens with one attached hydrogen (secondary N) is 2. The van der Waals surface area contributed by atoms with Crippen LogP contribution in [-0.2, 0) is 9.53 Å². The summed E-state index contributed by atoms with van der Waals surface area (Å²) in [5.41, 5.74) is 0. The summed E-state index contributed by atoms with van der Waals surface area (Å²) in [4.78, 5) is 11.4. The number of methoxy groups -OCH3 is 1. The second kappa shape index (κ2) is 8.27. The van der Waals surface area contributed by atoms with Crippen LogP contribution in [0.4, 0.5) is 0 Å². The molecule has 0 bridgehead atoms. The Balaban J connectivity index is 3.70. The molecule has 4 heteroatoms. The minimum absolute atomic E-state index is 0.0233. The first-order valence-electron chi connectivity index (χ1n) is 5.11. The largest absolute Gasteiger partial charge is 0.383 e. The molecule has 0 saturated carbocycles. The molecule has 0 heterocycles. The smallest absolute Gasteiger partial charge is 0.234 e. The van der Waals surface area contributed by atoms with Crippen LogP contribution in [0.5, 0.6) is 0 Å². The number of amides is 1. The molecule has 86 valence electrons. The van der Waals surface area contributed by atoms with Gasteiger partial charge in [0.25, 0.3) is 0 Å². The fourth-order valence-electron chi connectivity index (χ4n) is 1.15. The molecule has 4 nitrogen and oxygen atoms in total. The highest BCUT2D eigenvalue weighted by molar-refractivity contribution is 5.78. The van der Waals surface area contributed by atoms with Gasteiger partial charge in [0.05, 0.1) is 19.2 Å². The van der Waals surface area contributed by atoms with Crippen LogP contribution in [0, 0.1) is 12.3 Å². The molecule has 15 heavy (non-hydrogen) atoms. The van der Waals surface area contributed by atoms with Crippen LogP contribution >= 0.6 is 0 Å². The summed E-state index contributed by atoms with van der Waals surface area (Å²) in [6.45, 7) is 4.62. The van der Waals surface area contributed by atoms with Gasteiger partial charge in [-0.15, -0.1) is 6.42 Å². The minimum Gasteiger partial charge on any atom is -0.383 e. The van der Waals surface area contributed by atoms with Crippen molar-refractivity contribution in [1.29, 1.82) is 0 Å². The highest BCUT2D eigenvalue weighted by atomic mass is 16.5. The van der Waals surface area contributed by atoms with Crippen molar-refractivity contribution in [1.82, 2.24) is 10.6 Å². The van der Waals surface area contributed by atoms with Crippen molar-refractivity contribution in [3.8, 4) is 12.3 Å². The summed E-state index contributed by atoms with van der Waals surface area (Å²) in [5, 5.41) is 5.77. The van der Waals surface area contributed by atoms with Crippen LogP contribution in [0.3, 0.4) is 0 Å². The molecular formula is C11H20N2O2. The third kappa shape index (κ3) is 6.95. The minimum atomic E-state index is -0.0618. The predicted octanol–water partition coefficient (Wildman–Crippen LogP) is 0.139. The topological polar surface area (TPSA) is 50.4 Å². The molecule has 0 fully saturated rings. The van der Waals surface area contributed by atoms with E-state index in [4.69, 9.17) is 11.2 Å². The normalized spacial score (nSPS) is 14.0. The SMILES string of the molecule is C#CC(CC)NCC(=O)NC(C)COC. The van der Waals surface area contributed by atoms with E-state index in [0.29, 0.717) is 6.61 Å². The van der Waals surface area contributed by atoms with Crippen molar-refractivity contribution >= 4 is 5.91 Å². The van der Waals surface area contributed by atoms with Gasteiger partial charge in [0.15, 0.2) is 0 Å². The van der Waals surface area contributed by atoms with Gasteiger partial charge in [0, 0.05) is 13.2 Å². The first-order chi connectivity index (χ1) is 7.13.